The molecule has 0 aliphatic carbocycles. The Labute approximate surface area is 108 Å². The molecule has 0 aromatic carbocycles. The summed E-state index contributed by atoms with van der Waals surface area (Å²) in [6.07, 6.45) is 2.65. The molecule has 1 N–H and O–H groups in total. The van der Waals surface area contributed by atoms with E-state index in [0.29, 0.717) is 12.1 Å². The van der Waals surface area contributed by atoms with Crippen molar-refractivity contribution in [3.05, 3.63) is 30.1 Å². The van der Waals surface area contributed by atoms with Crippen LogP contribution >= 0.6 is 0 Å². The zero-order chi connectivity index (χ0) is 12.5. The van der Waals surface area contributed by atoms with Crippen molar-refractivity contribution in [2.75, 3.05) is 19.6 Å². The third-order valence-electron chi connectivity index (χ3n) is 4.16. The average Bonchev–Trinajstić information content (AvgIpc) is 2.70. The van der Waals surface area contributed by atoms with E-state index < -0.39 is 0 Å². The Morgan fingerprint density at radius 3 is 3.00 bits per heavy atom. The molecule has 0 radical (unpaired) electrons. The van der Waals surface area contributed by atoms with Gasteiger partial charge >= 0.3 is 0 Å². The number of rotatable bonds is 2. The largest absolute Gasteiger partial charge is 0.392 e. The van der Waals surface area contributed by atoms with Gasteiger partial charge in [-0.15, -0.1) is 0 Å². The topological polar surface area (TPSA) is 39.6 Å². The summed E-state index contributed by atoms with van der Waals surface area (Å²) >= 11 is 0. The molecule has 98 valence electrons. The molecule has 3 heterocycles. The second kappa shape index (κ2) is 4.96. The Bertz CT molecular complexity index is 397. The molecule has 2 fully saturated rings. The van der Waals surface area contributed by atoms with Crippen molar-refractivity contribution in [3.8, 4) is 0 Å². The molecule has 0 amide bonds. The molecule has 0 spiro atoms. The van der Waals surface area contributed by atoms with E-state index in [4.69, 9.17) is 0 Å². The maximum atomic E-state index is 9.75. The van der Waals surface area contributed by atoms with Gasteiger partial charge in [-0.1, -0.05) is 6.07 Å². The van der Waals surface area contributed by atoms with Gasteiger partial charge in [0.25, 0.3) is 0 Å². The summed E-state index contributed by atoms with van der Waals surface area (Å²) in [6.45, 7) is 6.15. The van der Waals surface area contributed by atoms with Crippen molar-refractivity contribution in [2.45, 2.75) is 38.1 Å². The van der Waals surface area contributed by atoms with Gasteiger partial charge in [-0.05, 0) is 25.5 Å². The number of hydrogen-bond donors (Lipinski definition) is 1. The van der Waals surface area contributed by atoms with Gasteiger partial charge in [-0.25, -0.2) is 0 Å². The minimum absolute atomic E-state index is 0.128. The summed E-state index contributed by atoms with van der Waals surface area (Å²) in [4.78, 5) is 9.33. The summed E-state index contributed by atoms with van der Waals surface area (Å²) in [5.74, 6) is 0. The zero-order valence-electron chi connectivity index (χ0n) is 10.9. The lowest BCUT2D eigenvalue weighted by molar-refractivity contribution is 0.0520. The number of hydrogen-bond acceptors (Lipinski definition) is 4. The lowest BCUT2D eigenvalue weighted by Crippen LogP contribution is -2.54. The number of aliphatic hydroxyl groups excluding tert-OH is 1. The molecule has 0 bridgehead atoms. The standard InChI is InChI=1S/C14H21N3O/c1-11-7-17-10-14(18)6-13(17)9-16(11)8-12-4-2-3-5-15-12/h2-5,11,13-14,18H,6-10H2,1H3/t11-,13?,14+/m0/s1. The summed E-state index contributed by atoms with van der Waals surface area (Å²) < 4.78 is 0. The fourth-order valence-electron chi connectivity index (χ4n) is 3.20. The molecular weight excluding hydrogens is 226 g/mol. The van der Waals surface area contributed by atoms with Crippen LogP contribution in [0, 0.1) is 0 Å². The molecule has 0 saturated carbocycles. The first-order chi connectivity index (χ1) is 8.72. The summed E-state index contributed by atoms with van der Waals surface area (Å²) in [5, 5.41) is 9.75. The summed E-state index contributed by atoms with van der Waals surface area (Å²) in [6, 6.07) is 7.15. The van der Waals surface area contributed by atoms with Crippen LogP contribution in [0.2, 0.25) is 0 Å². The van der Waals surface area contributed by atoms with Crippen molar-refractivity contribution in [1.29, 1.82) is 0 Å². The second-order valence-corrected chi connectivity index (χ2v) is 5.60. The lowest BCUT2D eigenvalue weighted by atomic mass is 10.1. The molecule has 4 heteroatoms. The lowest BCUT2D eigenvalue weighted by Gasteiger charge is -2.42. The van der Waals surface area contributed by atoms with E-state index in [1.165, 1.54) is 0 Å². The maximum Gasteiger partial charge on any atom is 0.0682 e. The molecule has 4 nitrogen and oxygen atoms in total. The van der Waals surface area contributed by atoms with Crippen LogP contribution < -0.4 is 0 Å². The highest BCUT2D eigenvalue weighted by Crippen LogP contribution is 2.25. The highest BCUT2D eigenvalue weighted by molar-refractivity contribution is 5.05. The van der Waals surface area contributed by atoms with E-state index in [1.807, 2.05) is 18.3 Å². The first-order valence-electron chi connectivity index (χ1n) is 6.78. The van der Waals surface area contributed by atoms with Gasteiger partial charge in [0.05, 0.1) is 11.8 Å². The fraction of sp³-hybridized carbons (Fsp3) is 0.643. The molecule has 1 aromatic rings. The molecule has 2 aliphatic rings. The number of aromatic nitrogens is 1. The van der Waals surface area contributed by atoms with Crippen LogP contribution in [0.25, 0.3) is 0 Å². The average molecular weight is 247 g/mol. The van der Waals surface area contributed by atoms with Crippen molar-refractivity contribution in [1.82, 2.24) is 14.8 Å². The SMILES string of the molecule is C[C@H]1CN2C[C@H](O)CC2CN1Cc1ccccn1. The molecule has 3 atom stereocenters. The smallest absolute Gasteiger partial charge is 0.0682 e. The van der Waals surface area contributed by atoms with E-state index in [-0.39, 0.29) is 6.10 Å². The Balaban J connectivity index is 1.66. The summed E-state index contributed by atoms with van der Waals surface area (Å²) in [5.41, 5.74) is 1.14. The maximum absolute atomic E-state index is 9.75. The predicted molar refractivity (Wildman–Crippen MR) is 70.1 cm³/mol. The summed E-state index contributed by atoms with van der Waals surface area (Å²) in [7, 11) is 0. The van der Waals surface area contributed by atoms with Crippen LogP contribution in [-0.4, -0.2) is 57.7 Å². The van der Waals surface area contributed by atoms with Crippen LogP contribution in [0.1, 0.15) is 19.0 Å². The molecule has 1 aromatic heterocycles. The number of fused-ring (bicyclic) bond motifs is 1. The first kappa shape index (κ1) is 12.1. The van der Waals surface area contributed by atoms with Crippen molar-refractivity contribution >= 4 is 0 Å². The number of piperazine rings is 1. The van der Waals surface area contributed by atoms with Crippen LogP contribution in [-0.2, 0) is 6.54 Å². The van der Waals surface area contributed by atoms with Gasteiger partial charge in [0.1, 0.15) is 0 Å². The Morgan fingerprint density at radius 2 is 2.22 bits per heavy atom. The third kappa shape index (κ3) is 2.41. The van der Waals surface area contributed by atoms with Crippen molar-refractivity contribution in [2.24, 2.45) is 0 Å². The molecule has 2 saturated heterocycles. The van der Waals surface area contributed by atoms with E-state index in [9.17, 15) is 5.11 Å². The van der Waals surface area contributed by atoms with Crippen molar-refractivity contribution in [3.63, 3.8) is 0 Å². The van der Waals surface area contributed by atoms with Gasteiger partial charge in [0, 0.05) is 44.5 Å². The normalized spacial score (nSPS) is 33.6. The Kier molecular flexibility index (Phi) is 3.33. The number of aliphatic hydroxyl groups is 1. The molecule has 1 unspecified atom stereocenters. The minimum atomic E-state index is -0.128. The van der Waals surface area contributed by atoms with Gasteiger partial charge in [-0.3, -0.25) is 14.8 Å². The van der Waals surface area contributed by atoms with Crippen LogP contribution in [0.4, 0.5) is 0 Å². The van der Waals surface area contributed by atoms with Gasteiger partial charge < -0.3 is 5.11 Å². The number of nitrogens with zero attached hydrogens (tertiary/aromatic N) is 3. The first-order valence-corrected chi connectivity index (χ1v) is 6.78. The van der Waals surface area contributed by atoms with Crippen molar-refractivity contribution < 1.29 is 5.11 Å². The monoisotopic (exact) mass is 247 g/mol. The van der Waals surface area contributed by atoms with E-state index >= 15 is 0 Å². The molecule has 2 aliphatic heterocycles. The van der Waals surface area contributed by atoms with Gasteiger partial charge in [0.15, 0.2) is 0 Å². The second-order valence-electron chi connectivity index (χ2n) is 5.60. The zero-order valence-corrected chi connectivity index (χ0v) is 10.9. The minimum Gasteiger partial charge on any atom is -0.392 e. The fourth-order valence-corrected chi connectivity index (χ4v) is 3.20. The van der Waals surface area contributed by atoms with Crippen LogP contribution in [0.15, 0.2) is 24.4 Å². The molecular formula is C14H21N3O. The van der Waals surface area contributed by atoms with E-state index in [1.54, 1.807) is 0 Å². The van der Waals surface area contributed by atoms with Crippen LogP contribution in [0.5, 0.6) is 0 Å². The third-order valence-corrected chi connectivity index (χ3v) is 4.16. The quantitative estimate of drug-likeness (QED) is 0.836. The number of pyridine rings is 1. The highest BCUT2D eigenvalue weighted by atomic mass is 16.3. The Hall–Kier alpha value is -0.970. The molecule has 18 heavy (non-hydrogen) atoms. The Morgan fingerprint density at radius 1 is 1.33 bits per heavy atom. The predicted octanol–water partition coefficient (Wildman–Crippen LogP) is 0.721. The van der Waals surface area contributed by atoms with Gasteiger partial charge in [-0.2, -0.15) is 0 Å². The molecule has 3 rings (SSSR count). The van der Waals surface area contributed by atoms with E-state index in [2.05, 4.69) is 27.8 Å². The van der Waals surface area contributed by atoms with E-state index in [0.717, 1.165) is 38.3 Å². The van der Waals surface area contributed by atoms with Gasteiger partial charge in [0.2, 0.25) is 0 Å². The highest BCUT2D eigenvalue weighted by Gasteiger charge is 2.37. The van der Waals surface area contributed by atoms with Crippen LogP contribution in [0.3, 0.4) is 0 Å².